The second-order valence-electron chi connectivity index (χ2n) is 7.23. The summed E-state index contributed by atoms with van der Waals surface area (Å²) >= 11 is 0. The first kappa shape index (κ1) is 20.6. The average Bonchev–Trinajstić information content (AvgIpc) is 3.17. The third-order valence-electron chi connectivity index (χ3n) is 5.06. The van der Waals surface area contributed by atoms with Crippen molar-refractivity contribution in [3.05, 3.63) is 48.2 Å². The number of carbonyl (C=O) groups is 1. The Hall–Kier alpha value is -3.16. The van der Waals surface area contributed by atoms with E-state index in [1.165, 1.54) is 19.3 Å². The van der Waals surface area contributed by atoms with Crippen molar-refractivity contribution in [2.45, 2.75) is 45.1 Å². The minimum atomic E-state index is -0.0408. The zero-order valence-electron chi connectivity index (χ0n) is 16.9. The van der Waals surface area contributed by atoms with Gasteiger partial charge < -0.3 is 19.9 Å². The van der Waals surface area contributed by atoms with Crippen molar-refractivity contribution >= 4 is 11.6 Å². The molecule has 3 rings (SSSR count). The Bertz CT molecular complexity index is 883. The van der Waals surface area contributed by atoms with Crippen molar-refractivity contribution < 1.29 is 9.53 Å². The largest absolute Gasteiger partial charge is 0.495 e. The van der Waals surface area contributed by atoms with E-state index in [1.54, 1.807) is 19.6 Å². The van der Waals surface area contributed by atoms with Crippen LogP contribution >= 0.6 is 0 Å². The fraction of sp³-hybridized carbons (Fsp3) is 0.429. The van der Waals surface area contributed by atoms with Gasteiger partial charge in [-0.25, -0.2) is 10.5 Å². The second kappa shape index (κ2) is 9.86. The number of methoxy groups -OCH3 is 1. The van der Waals surface area contributed by atoms with E-state index in [2.05, 4.69) is 20.7 Å². The van der Waals surface area contributed by atoms with Gasteiger partial charge in [0, 0.05) is 24.0 Å². The fourth-order valence-corrected chi connectivity index (χ4v) is 3.55. The van der Waals surface area contributed by atoms with Crippen LogP contribution < -0.4 is 15.4 Å². The van der Waals surface area contributed by atoms with E-state index in [1.807, 2.05) is 35.9 Å². The second-order valence-corrected chi connectivity index (χ2v) is 7.23. The highest BCUT2D eigenvalue weighted by molar-refractivity contribution is 5.78. The molecule has 1 fully saturated rings. The van der Waals surface area contributed by atoms with Crippen molar-refractivity contribution in [1.82, 2.24) is 20.2 Å². The molecule has 0 spiro atoms. The molecule has 29 heavy (non-hydrogen) atoms. The number of hydrogen-bond acceptors (Lipinski definition) is 6. The van der Waals surface area contributed by atoms with Crippen molar-refractivity contribution in [3.8, 4) is 11.4 Å². The molecule has 1 heterocycles. The number of nitrogens with one attached hydrogen (secondary N) is 3. The maximum absolute atomic E-state index is 12.1. The third-order valence-corrected chi connectivity index (χ3v) is 5.06. The number of aromatic nitrogens is 2. The quantitative estimate of drug-likeness (QED) is 0.593. The van der Waals surface area contributed by atoms with E-state index in [0.29, 0.717) is 11.4 Å². The van der Waals surface area contributed by atoms with Gasteiger partial charge >= 0.3 is 0 Å². The molecule has 0 saturated heterocycles. The van der Waals surface area contributed by atoms with E-state index in [4.69, 9.17) is 10.3 Å². The lowest BCUT2D eigenvalue weighted by molar-refractivity contribution is -0.120. The van der Waals surface area contributed by atoms with Crippen LogP contribution in [-0.4, -0.2) is 35.2 Å². The minimum Gasteiger partial charge on any atom is -0.495 e. The number of benzene rings is 1. The summed E-state index contributed by atoms with van der Waals surface area (Å²) in [5.41, 5.74) is 10.4. The van der Waals surface area contributed by atoms with Crippen LogP contribution in [0.25, 0.3) is 11.4 Å². The van der Waals surface area contributed by atoms with Crippen molar-refractivity contribution in [3.63, 3.8) is 0 Å². The van der Waals surface area contributed by atoms with Crippen LogP contribution in [0, 0.1) is 12.5 Å². The van der Waals surface area contributed by atoms with Crippen LogP contribution in [0.4, 0.5) is 0 Å². The Kier molecular flexibility index (Phi) is 6.99. The Morgan fingerprint density at radius 2 is 2.17 bits per heavy atom. The van der Waals surface area contributed by atoms with Gasteiger partial charge in [0.1, 0.15) is 11.4 Å². The summed E-state index contributed by atoms with van der Waals surface area (Å²) in [5.74, 6) is 0.602. The lowest BCUT2D eigenvalue weighted by Crippen LogP contribution is -2.40. The van der Waals surface area contributed by atoms with Crippen LogP contribution in [0.15, 0.2) is 42.0 Å². The number of rotatable bonds is 8. The topological polar surface area (TPSA) is 104 Å². The molecule has 1 saturated carbocycles. The van der Waals surface area contributed by atoms with Crippen molar-refractivity contribution in [1.29, 1.82) is 5.53 Å². The van der Waals surface area contributed by atoms with Gasteiger partial charge in [-0.05, 0) is 31.9 Å². The highest BCUT2D eigenvalue weighted by Crippen LogP contribution is 2.28. The molecule has 2 aromatic rings. The minimum absolute atomic E-state index is 0.0408. The highest BCUT2D eigenvalue weighted by Gasteiger charge is 2.15. The molecule has 0 aliphatic heterocycles. The smallest absolute Gasteiger partial charge is 0.239 e. The lowest BCUT2D eigenvalue weighted by Gasteiger charge is -2.22. The number of ether oxygens (including phenoxy) is 1. The van der Waals surface area contributed by atoms with E-state index in [-0.39, 0.29) is 18.5 Å². The van der Waals surface area contributed by atoms with Crippen LogP contribution in [0.1, 0.15) is 43.4 Å². The third kappa shape index (κ3) is 5.43. The summed E-state index contributed by atoms with van der Waals surface area (Å²) < 4.78 is 7.39. The summed E-state index contributed by atoms with van der Waals surface area (Å²) in [6, 6.07) is 5.86. The standard InChI is InChI=1S/C21H28N6O2/c1-15-13-27(14-24-15)19-9-8-16(10-20(19)29-2)18(26-22)11-23-12-21(28)25-17-6-4-3-5-7-17/h8-11,13-14,17,22-23H,3-7,12H2,1-2H3,(H,25,28)/b18-11-,26-22?. The number of hydrogen-bond donors (Lipinski definition) is 3. The Labute approximate surface area is 170 Å². The van der Waals surface area contributed by atoms with Gasteiger partial charge in [-0.2, -0.15) is 5.11 Å². The zero-order chi connectivity index (χ0) is 20.6. The van der Waals surface area contributed by atoms with E-state index >= 15 is 0 Å². The van der Waals surface area contributed by atoms with E-state index < -0.39 is 0 Å². The first-order chi connectivity index (χ1) is 14.1. The molecule has 154 valence electrons. The lowest BCUT2D eigenvalue weighted by atomic mass is 9.95. The van der Waals surface area contributed by atoms with Crippen molar-refractivity contribution in [2.24, 2.45) is 5.11 Å². The van der Waals surface area contributed by atoms with Gasteiger partial charge in [0.2, 0.25) is 5.91 Å². The maximum atomic E-state index is 12.1. The molecule has 1 amide bonds. The van der Waals surface area contributed by atoms with Gasteiger partial charge in [-0.1, -0.05) is 25.3 Å². The summed E-state index contributed by atoms with van der Waals surface area (Å²) in [6.45, 7) is 2.08. The normalized spacial score (nSPS) is 15.0. The number of imidazole rings is 1. The summed E-state index contributed by atoms with van der Waals surface area (Å²) in [5, 5.41) is 9.62. The average molecular weight is 396 g/mol. The molecular formula is C21H28N6O2. The molecule has 1 aromatic carbocycles. The highest BCUT2D eigenvalue weighted by atomic mass is 16.5. The Morgan fingerprint density at radius 1 is 1.38 bits per heavy atom. The number of aryl methyl sites for hydroxylation is 1. The first-order valence-electron chi connectivity index (χ1n) is 9.90. The molecule has 0 unspecified atom stereocenters. The number of carbonyl (C=O) groups excluding carboxylic acids is 1. The molecule has 0 radical (unpaired) electrons. The molecule has 1 aliphatic carbocycles. The van der Waals surface area contributed by atoms with Gasteiger partial charge in [-0.15, -0.1) is 0 Å². The summed E-state index contributed by atoms with van der Waals surface area (Å²) in [6.07, 6.45) is 10.9. The molecule has 0 atom stereocenters. The number of amides is 1. The Morgan fingerprint density at radius 3 is 2.83 bits per heavy atom. The van der Waals surface area contributed by atoms with Crippen molar-refractivity contribution in [2.75, 3.05) is 13.7 Å². The van der Waals surface area contributed by atoms with Crippen LogP contribution in [0.2, 0.25) is 0 Å². The van der Waals surface area contributed by atoms with E-state index in [9.17, 15) is 4.79 Å². The molecule has 8 heteroatoms. The molecule has 1 aliphatic rings. The fourth-order valence-electron chi connectivity index (χ4n) is 3.55. The maximum Gasteiger partial charge on any atom is 0.239 e. The van der Waals surface area contributed by atoms with Gasteiger partial charge in [-0.3, -0.25) is 4.79 Å². The Balaban J connectivity index is 1.65. The van der Waals surface area contributed by atoms with Gasteiger partial charge in [0.25, 0.3) is 0 Å². The molecule has 3 N–H and O–H groups in total. The van der Waals surface area contributed by atoms with Crippen LogP contribution in [-0.2, 0) is 4.79 Å². The predicted octanol–water partition coefficient (Wildman–Crippen LogP) is 3.56. The monoisotopic (exact) mass is 396 g/mol. The zero-order valence-corrected chi connectivity index (χ0v) is 16.9. The summed E-state index contributed by atoms with van der Waals surface area (Å²) in [4.78, 5) is 16.4. The first-order valence-corrected chi connectivity index (χ1v) is 9.90. The summed E-state index contributed by atoms with van der Waals surface area (Å²) in [7, 11) is 1.60. The molecular weight excluding hydrogens is 368 g/mol. The van der Waals surface area contributed by atoms with E-state index in [0.717, 1.165) is 29.8 Å². The van der Waals surface area contributed by atoms with Gasteiger partial charge in [0.05, 0.1) is 31.4 Å². The molecule has 8 nitrogen and oxygen atoms in total. The number of nitrogens with zero attached hydrogens (tertiary/aromatic N) is 3. The molecule has 0 bridgehead atoms. The van der Waals surface area contributed by atoms with Crippen LogP contribution in [0.5, 0.6) is 5.75 Å². The SMILES string of the molecule is COc1cc(/C(=C/NCC(=O)NC2CCCCC2)N=N)ccc1-n1cnc(C)c1. The van der Waals surface area contributed by atoms with Gasteiger partial charge in [0.15, 0.2) is 0 Å². The van der Waals surface area contributed by atoms with Crippen LogP contribution in [0.3, 0.4) is 0 Å². The predicted molar refractivity (Wildman–Crippen MR) is 111 cm³/mol. The molecule has 1 aromatic heterocycles.